The van der Waals surface area contributed by atoms with Crippen molar-refractivity contribution in [3.8, 4) is 0 Å². The summed E-state index contributed by atoms with van der Waals surface area (Å²) in [5.74, 6) is -0.587. The average Bonchev–Trinajstić information content (AvgIpc) is 2.85. The van der Waals surface area contributed by atoms with Crippen molar-refractivity contribution in [2.24, 2.45) is 11.7 Å². The number of amides is 2. The van der Waals surface area contributed by atoms with Crippen LogP contribution in [0.5, 0.6) is 0 Å². The third kappa shape index (κ3) is 6.90. The summed E-state index contributed by atoms with van der Waals surface area (Å²) >= 11 is 0. The van der Waals surface area contributed by atoms with Crippen molar-refractivity contribution in [3.05, 3.63) is 59.2 Å². The number of sulfonamides is 1. The molecule has 2 aromatic rings. The maximum Gasteiger partial charge on any atom is 0.240 e. The Morgan fingerprint density at radius 3 is 2.49 bits per heavy atom. The second-order valence-corrected chi connectivity index (χ2v) is 11.3. The van der Waals surface area contributed by atoms with Crippen LogP contribution in [0.25, 0.3) is 0 Å². The van der Waals surface area contributed by atoms with E-state index in [0.29, 0.717) is 12.2 Å². The van der Waals surface area contributed by atoms with E-state index in [2.05, 4.69) is 14.9 Å². The number of piperidine rings is 1. The summed E-state index contributed by atoms with van der Waals surface area (Å²) in [5, 5.41) is 2.81. The maximum absolute atomic E-state index is 12.6. The molecule has 2 aromatic carbocycles. The van der Waals surface area contributed by atoms with Crippen LogP contribution in [-0.4, -0.2) is 44.8 Å². The van der Waals surface area contributed by atoms with E-state index in [1.165, 1.54) is 5.56 Å². The molecule has 0 radical (unpaired) electrons. The number of carbonyl (C=O) groups excluding carboxylic acids is 2. The molecular weight excluding hydrogens is 464 g/mol. The van der Waals surface area contributed by atoms with Crippen LogP contribution >= 0.6 is 0 Å². The largest absolute Gasteiger partial charge is 0.369 e. The highest BCUT2D eigenvalue weighted by Gasteiger charge is 2.24. The zero-order valence-electron chi connectivity index (χ0n) is 20.0. The van der Waals surface area contributed by atoms with Gasteiger partial charge in [-0.25, -0.2) is 13.1 Å². The first-order valence-corrected chi connectivity index (χ1v) is 13.8. The highest BCUT2D eigenvalue weighted by Crippen LogP contribution is 2.24. The van der Waals surface area contributed by atoms with Crippen LogP contribution in [0.15, 0.2) is 47.4 Å². The summed E-state index contributed by atoms with van der Waals surface area (Å²) in [6.07, 6.45) is 5.97. The van der Waals surface area contributed by atoms with Crippen molar-refractivity contribution in [2.45, 2.75) is 56.4 Å². The Hall–Kier alpha value is -2.75. The van der Waals surface area contributed by atoms with Crippen molar-refractivity contribution in [1.29, 1.82) is 0 Å². The van der Waals surface area contributed by atoms with Gasteiger partial charge in [0.05, 0.1) is 10.8 Å². The van der Waals surface area contributed by atoms with Crippen molar-refractivity contribution in [2.75, 3.05) is 25.0 Å². The molecule has 0 saturated carbocycles. The smallest absolute Gasteiger partial charge is 0.240 e. The molecule has 35 heavy (non-hydrogen) atoms. The molecule has 1 heterocycles. The standard InChI is InChI=1S/C26H34N4O4S/c27-26(32)22-6-3-15-30(18-22)17-19-7-10-23(11-8-19)29-25(31)13-14-28-35(33,34)24-12-9-20-4-1-2-5-21(20)16-24/h7-12,16,22,28H,1-6,13-15,17-18H2,(H2,27,32)(H,29,31). The number of carbonyl (C=O) groups is 2. The molecule has 1 atom stereocenters. The highest BCUT2D eigenvalue weighted by atomic mass is 32.2. The lowest BCUT2D eigenvalue weighted by molar-refractivity contribution is -0.123. The first-order valence-electron chi connectivity index (χ1n) is 12.3. The van der Waals surface area contributed by atoms with Gasteiger partial charge in [0.25, 0.3) is 0 Å². The van der Waals surface area contributed by atoms with E-state index >= 15 is 0 Å². The zero-order chi connectivity index (χ0) is 24.8. The zero-order valence-corrected chi connectivity index (χ0v) is 20.8. The molecule has 1 fully saturated rings. The Labute approximate surface area is 207 Å². The number of nitrogens with one attached hydrogen (secondary N) is 2. The van der Waals surface area contributed by atoms with Crippen LogP contribution in [-0.2, 0) is 39.0 Å². The Bertz CT molecular complexity index is 1160. The molecule has 1 saturated heterocycles. The van der Waals surface area contributed by atoms with Crippen LogP contribution in [0.2, 0.25) is 0 Å². The summed E-state index contributed by atoms with van der Waals surface area (Å²) in [5.41, 5.74) is 9.54. The summed E-state index contributed by atoms with van der Waals surface area (Å²) < 4.78 is 27.8. The molecule has 4 rings (SSSR count). The van der Waals surface area contributed by atoms with Gasteiger partial charge in [-0.3, -0.25) is 14.5 Å². The topological polar surface area (TPSA) is 122 Å². The monoisotopic (exact) mass is 498 g/mol. The van der Waals surface area contributed by atoms with Gasteiger partial charge < -0.3 is 11.1 Å². The fraction of sp³-hybridized carbons (Fsp3) is 0.462. The number of rotatable bonds is 9. The molecule has 8 nitrogen and oxygen atoms in total. The molecule has 2 amide bonds. The predicted molar refractivity (Wildman–Crippen MR) is 135 cm³/mol. The van der Waals surface area contributed by atoms with Gasteiger partial charge in [0.2, 0.25) is 21.8 Å². The summed E-state index contributed by atoms with van der Waals surface area (Å²) in [7, 11) is -3.66. The van der Waals surface area contributed by atoms with E-state index in [1.54, 1.807) is 12.1 Å². The number of benzene rings is 2. The molecule has 2 aliphatic rings. The number of nitrogens with zero attached hydrogens (tertiary/aromatic N) is 1. The number of likely N-dealkylation sites (tertiary alicyclic amines) is 1. The molecular formula is C26H34N4O4S. The lowest BCUT2D eigenvalue weighted by Gasteiger charge is -2.31. The van der Waals surface area contributed by atoms with Crippen LogP contribution in [0, 0.1) is 5.92 Å². The predicted octanol–water partition coefficient (Wildman–Crippen LogP) is 2.57. The second kappa shape index (κ2) is 11.3. The minimum atomic E-state index is -3.66. The molecule has 4 N–H and O–H groups in total. The van der Waals surface area contributed by atoms with Crippen molar-refractivity contribution >= 4 is 27.5 Å². The molecule has 1 aliphatic heterocycles. The number of primary amides is 1. The highest BCUT2D eigenvalue weighted by molar-refractivity contribution is 7.89. The SMILES string of the molecule is NC(=O)C1CCCN(Cc2ccc(NC(=O)CCNS(=O)(=O)c3ccc4c(c3)CCCC4)cc2)C1. The average molecular weight is 499 g/mol. The van der Waals surface area contributed by atoms with E-state index in [0.717, 1.165) is 62.7 Å². The Balaban J connectivity index is 1.23. The number of hydrogen-bond donors (Lipinski definition) is 3. The summed E-state index contributed by atoms with van der Waals surface area (Å²) in [6, 6.07) is 12.9. The van der Waals surface area contributed by atoms with Gasteiger partial charge in [0.15, 0.2) is 0 Å². The quantitative estimate of drug-likeness (QED) is 0.491. The van der Waals surface area contributed by atoms with Gasteiger partial charge in [0, 0.05) is 31.7 Å². The minimum absolute atomic E-state index is 0.0271. The number of aryl methyl sites for hydroxylation is 2. The third-order valence-corrected chi connectivity index (χ3v) is 8.28. The molecule has 1 unspecified atom stereocenters. The van der Waals surface area contributed by atoms with E-state index in [4.69, 9.17) is 5.73 Å². The van der Waals surface area contributed by atoms with Gasteiger partial charge in [0.1, 0.15) is 0 Å². The van der Waals surface area contributed by atoms with E-state index < -0.39 is 10.0 Å². The van der Waals surface area contributed by atoms with Crippen LogP contribution < -0.4 is 15.8 Å². The number of nitrogens with two attached hydrogens (primary N) is 1. The van der Waals surface area contributed by atoms with Gasteiger partial charge in [-0.05, 0) is 86.0 Å². The van der Waals surface area contributed by atoms with E-state index in [-0.39, 0.29) is 35.6 Å². The molecule has 1 aliphatic carbocycles. The van der Waals surface area contributed by atoms with Crippen LogP contribution in [0.4, 0.5) is 5.69 Å². The van der Waals surface area contributed by atoms with Crippen molar-refractivity contribution in [1.82, 2.24) is 9.62 Å². The number of hydrogen-bond acceptors (Lipinski definition) is 5. The Morgan fingerprint density at radius 1 is 1.00 bits per heavy atom. The fourth-order valence-corrected chi connectivity index (χ4v) is 5.95. The first kappa shape index (κ1) is 25.3. The molecule has 0 bridgehead atoms. The lowest BCUT2D eigenvalue weighted by Crippen LogP contribution is -2.40. The summed E-state index contributed by atoms with van der Waals surface area (Å²) in [6.45, 7) is 2.36. The second-order valence-electron chi connectivity index (χ2n) is 9.51. The van der Waals surface area contributed by atoms with Gasteiger partial charge in [-0.15, -0.1) is 0 Å². The third-order valence-electron chi connectivity index (χ3n) is 6.83. The van der Waals surface area contributed by atoms with Gasteiger partial charge in [-0.1, -0.05) is 18.2 Å². The van der Waals surface area contributed by atoms with Crippen molar-refractivity contribution < 1.29 is 18.0 Å². The van der Waals surface area contributed by atoms with Crippen LogP contribution in [0.3, 0.4) is 0 Å². The lowest BCUT2D eigenvalue weighted by atomic mass is 9.92. The summed E-state index contributed by atoms with van der Waals surface area (Å²) in [4.78, 5) is 26.3. The number of anilines is 1. The van der Waals surface area contributed by atoms with E-state index in [1.807, 2.05) is 30.3 Å². The minimum Gasteiger partial charge on any atom is -0.369 e. The molecule has 0 spiro atoms. The van der Waals surface area contributed by atoms with Crippen LogP contribution in [0.1, 0.15) is 48.8 Å². The molecule has 188 valence electrons. The molecule has 9 heteroatoms. The Morgan fingerprint density at radius 2 is 1.74 bits per heavy atom. The fourth-order valence-electron chi connectivity index (χ4n) is 4.87. The van der Waals surface area contributed by atoms with Gasteiger partial charge >= 0.3 is 0 Å². The number of fused-ring (bicyclic) bond motifs is 1. The molecule has 0 aromatic heterocycles. The van der Waals surface area contributed by atoms with Gasteiger partial charge in [-0.2, -0.15) is 0 Å². The van der Waals surface area contributed by atoms with Crippen molar-refractivity contribution in [3.63, 3.8) is 0 Å². The Kier molecular flexibility index (Phi) is 8.20. The first-order chi connectivity index (χ1) is 16.8. The normalized spacial score (nSPS) is 18.6. The van der Waals surface area contributed by atoms with E-state index in [9.17, 15) is 18.0 Å². The maximum atomic E-state index is 12.6.